The number of nitrogens with zero attached hydrogens (tertiary/aromatic N) is 2. The first-order valence-electron chi connectivity index (χ1n) is 7.38. The smallest absolute Gasteiger partial charge is 0.337 e. The Morgan fingerprint density at radius 1 is 1.12 bits per heavy atom. The molecule has 0 aliphatic carbocycles. The first-order valence-corrected chi connectivity index (χ1v) is 7.38. The van der Waals surface area contributed by atoms with Crippen LogP contribution in [0.1, 0.15) is 41.6 Å². The molecule has 1 amide bonds. The van der Waals surface area contributed by atoms with Gasteiger partial charge in [0.15, 0.2) is 0 Å². The van der Waals surface area contributed by atoms with Crippen molar-refractivity contribution in [3.05, 3.63) is 47.9 Å². The van der Waals surface area contributed by atoms with E-state index in [0.29, 0.717) is 17.1 Å². The summed E-state index contributed by atoms with van der Waals surface area (Å²) in [5.41, 5.74) is 0.970. The highest BCUT2D eigenvalue weighted by Crippen LogP contribution is 2.17. The Bertz CT molecular complexity index is 753. The van der Waals surface area contributed by atoms with Crippen molar-refractivity contribution in [3.63, 3.8) is 0 Å². The molecule has 2 N–H and O–H groups in total. The Balaban J connectivity index is 2.18. The number of amides is 1. The van der Waals surface area contributed by atoms with Crippen LogP contribution >= 0.6 is 0 Å². The van der Waals surface area contributed by atoms with Gasteiger partial charge in [-0.1, -0.05) is 6.07 Å². The van der Waals surface area contributed by atoms with Crippen molar-refractivity contribution in [1.29, 1.82) is 0 Å². The average Bonchev–Trinajstić information content (AvgIpc) is 2.53. The van der Waals surface area contributed by atoms with Gasteiger partial charge in [-0.05, 0) is 39.0 Å². The third-order valence-corrected chi connectivity index (χ3v) is 2.94. The lowest BCUT2D eigenvalue weighted by molar-refractivity contribution is 0.0600. The van der Waals surface area contributed by atoms with E-state index < -0.39 is 5.97 Å². The van der Waals surface area contributed by atoms with E-state index >= 15 is 0 Å². The zero-order valence-corrected chi connectivity index (χ0v) is 14.1. The monoisotopic (exact) mass is 328 g/mol. The second-order valence-electron chi connectivity index (χ2n) is 6.19. The van der Waals surface area contributed by atoms with Crippen LogP contribution in [-0.2, 0) is 4.74 Å². The van der Waals surface area contributed by atoms with Crippen molar-refractivity contribution in [1.82, 2.24) is 15.3 Å². The average molecular weight is 328 g/mol. The van der Waals surface area contributed by atoms with Crippen molar-refractivity contribution in [2.75, 3.05) is 12.4 Å². The maximum absolute atomic E-state index is 12.2. The third-order valence-electron chi connectivity index (χ3n) is 2.94. The largest absolute Gasteiger partial charge is 0.465 e. The maximum Gasteiger partial charge on any atom is 0.337 e. The summed E-state index contributed by atoms with van der Waals surface area (Å²) in [5.74, 6) is -0.256. The Hall–Kier alpha value is -2.96. The number of benzene rings is 1. The zero-order valence-electron chi connectivity index (χ0n) is 14.1. The first-order chi connectivity index (χ1) is 11.3. The summed E-state index contributed by atoms with van der Waals surface area (Å²) in [6.45, 7) is 5.68. The zero-order chi connectivity index (χ0) is 17.7. The van der Waals surface area contributed by atoms with E-state index in [0.717, 1.165) is 0 Å². The molecule has 0 aliphatic heterocycles. The molecule has 0 saturated heterocycles. The molecule has 1 aromatic heterocycles. The molecule has 2 aromatic rings. The minimum atomic E-state index is -0.424. The lowest BCUT2D eigenvalue weighted by atomic mass is 10.1. The molecule has 1 heterocycles. The molecule has 0 atom stereocenters. The predicted octanol–water partition coefficient (Wildman–Crippen LogP) is 2.54. The molecule has 0 aliphatic rings. The summed E-state index contributed by atoms with van der Waals surface area (Å²) in [4.78, 5) is 31.8. The van der Waals surface area contributed by atoms with Crippen LogP contribution in [0, 0.1) is 0 Å². The highest BCUT2D eigenvalue weighted by atomic mass is 16.5. The maximum atomic E-state index is 12.2. The summed E-state index contributed by atoms with van der Waals surface area (Å²) in [6, 6.07) is 8.35. The van der Waals surface area contributed by atoms with Crippen molar-refractivity contribution in [3.8, 4) is 0 Å². The molecule has 0 spiro atoms. The van der Waals surface area contributed by atoms with Crippen LogP contribution in [0.2, 0.25) is 0 Å². The molecule has 0 bridgehead atoms. The molecular weight excluding hydrogens is 308 g/mol. The van der Waals surface area contributed by atoms with Crippen LogP contribution in [0.4, 0.5) is 11.5 Å². The van der Waals surface area contributed by atoms with Gasteiger partial charge in [-0.2, -0.15) is 0 Å². The van der Waals surface area contributed by atoms with Gasteiger partial charge in [0, 0.05) is 17.3 Å². The Kier molecular flexibility index (Phi) is 5.13. The molecule has 126 valence electrons. The fourth-order valence-electron chi connectivity index (χ4n) is 1.94. The van der Waals surface area contributed by atoms with E-state index in [9.17, 15) is 9.59 Å². The molecule has 7 nitrogen and oxygen atoms in total. The fraction of sp³-hybridized carbons (Fsp3) is 0.294. The van der Waals surface area contributed by atoms with Gasteiger partial charge in [-0.3, -0.25) is 4.79 Å². The fourth-order valence-corrected chi connectivity index (χ4v) is 1.94. The first kappa shape index (κ1) is 17.4. The Morgan fingerprint density at radius 3 is 2.54 bits per heavy atom. The number of anilines is 2. The van der Waals surface area contributed by atoms with Gasteiger partial charge in [-0.25, -0.2) is 14.8 Å². The van der Waals surface area contributed by atoms with Gasteiger partial charge < -0.3 is 15.4 Å². The molecular formula is C17H20N4O3. The van der Waals surface area contributed by atoms with Crippen LogP contribution in [0.3, 0.4) is 0 Å². The topological polar surface area (TPSA) is 93.2 Å². The van der Waals surface area contributed by atoms with E-state index in [1.54, 1.807) is 30.3 Å². The Morgan fingerprint density at radius 2 is 1.88 bits per heavy atom. The minimum Gasteiger partial charge on any atom is -0.465 e. The number of ether oxygens (including phenoxy) is 1. The molecule has 1 aromatic carbocycles. The standard InChI is InChI=1S/C17H20N4O3/c1-17(2,3)21-15(22)13-9-14(19-10-18-13)20-12-7-5-6-11(8-12)16(23)24-4/h5-10H,1-4H3,(H,21,22)(H,18,19,20). The van der Waals surface area contributed by atoms with Crippen molar-refractivity contribution in [2.24, 2.45) is 0 Å². The number of carbonyl (C=O) groups is 2. The summed E-state index contributed by atoms with van der Waals surface area (Å²) in [7, 11) is 1.33. The van der Waals surface area contributed by atoms with Crippen LogP contribution in [0.15, 0.2) is 36.7 Å². The second-order valence-corrected chi connectivity index (χ2v) is 6.19. The highest BCUT2D eigenvalue weighted by molar-refractivity contribution is 5.93. The van der Waals surface area contributed by atoms with E-state index in [-0.39, 0.29) is 17.1 Å². The molecule has 0 unspecified atom stereocenters. The van der Waals surface area contributed by atoms with Gasteiger partial charge in [0.1, 0.15) is 17.8 Å². The molecule has 7 heteroatoms. The number of methoxy groups -OCH3 is 1. The van der Waals surface area contributed by atoms with Gasteiger partial charge >= 0.3 is 5.97 Å². The van der Waals surface area contributed by atoms with Crippen LogP contribution in [0.25, 0.3) is 0 Å². The summed E-state index contributed by atoms with van der Waals surface area (Å²) in [6.07, 6.45) is 1.31. The quantitative estimate of drug-likeness (QED) is 0.838. The number of hydrogen-bond acceptors (Lipinski definition) is 6. The number of hydrogen-bond donors (Lipinski definition) is 2. The third kappa shape index (κ3) is 4.77. The van der Waals surface area contributed by atoms with E-state index in [1.165, 1.54) is 13.4 Å². The summed E-state index contributed by atoms with van der Waals surface area (Å²) in [5, 5.41) is 5.88. The predicted molar refractivity (Wildman–Crippen MR) is 90.3 cm³/mol. The Labute approximate surface area is 140 Å². The lowest BCUT2D eigenvalue weighted by Gasteiger charge is -2.20. The van der Waals surface area contributed by atoms with Gasteiger partial charge in [0.2, 0.25) is 0 Å². The molecule has 2 rings (SSSR count). The van der Waals surface area contributed by atoms with Crippen LogP contribution < -0.4 is 10.6 Å². The van der Waals surface area contributed by atoms with E-state index in [4.69, 9.17) is 4.74 Å². The van der Waals surface area contributed by atoms with Gasteiger partial charge in [0.05, 0.1) is 12.7 Å². The minimum absolute atomic E-state index is 0.256. The summed E-state index contributed by atoms with van der Waals surface area (Å²) < 4.78 is 4.69. The highest BCUT2D eigenvalue weighted by Gasteiger charge is 2.17. The summed E-state index contributed by atoms with van der Waals surface area (Å²) >= 11 is 0. The molecule has 0 saturated carbocycles. The SMILES string of the molecule is COC(=O)c1cccc(Nc2cc(C(=O)NC(C)(C)C)ncn2)c1. The van der Waals surface area contributed by atoms with Gasteiger partial charge in [-0.15, -0.1) is 0 Å². The molecule has 24 heavy (non-hydrogen) atoms. The number of esters is 1. The number of aromatic nitrogens is 2. The van der Waals surface area contributed by atoms with Gasteiger partial charge in [0.25, 0.3) is 5.91 Å². The van der Waals surface area contributed by atoms with Crippen molar-refractivity contribution in [2.45, 2.75) is 26.3 Å². The number of rotatable bonds is 4. The normalized spacial score (nSPS) is 10.8. The van der Waals surface area contributed by atoms with Crippen LogP contribution in [0.5, 0.6) is 0 Å². The lowest BCUT2D eigenvalue weighted by Crippen LogP contribution is -2.40. The second kappa shape index (κ2) is 7.08. The molecule has 0 radical (unpaired) electrons. The van der Waals surface area contributed by atoms with Crippen molar-refractivity contribution < 1.29 is 14.3 Å². The number of nitrogens with one attached hydrogen (secondary N) is 2. The molecule has 0 fully saturated rings. The van der Waals surface area contributed by atoms with E-state index in [2.05, 4.69) is 20.6 Å². The number of carbonyl (C=O) groups excluding carboxylic acids is 2. The van der Waals surface area contributed by atoms with Crippen LogP contribution in [-0.4, -0.2) is 34.5 Å². The van der Waals surface area contributed by atoms with E-state index in [1.807, 2.05) is 20.8 Å². The van der Waals surface area contributed by atoms with Crippen molar-refractivity contribution >= 4 is 23.4 Å².